The molecule has 0 unspecified atom stereocenters. The van der Waals surface area contributed by atoms with Gasteiger partial charge in [-0.2, -0.15) is 5.10 Å². The summed E-state index contributed by atoms with van der Waals surface area (Å²) < 4.78 is 7.50. The number of ether oxygens (including phenoxy) is 1. The highest BCUT2D eigenvalue weighted by Gasteiger charge is 2.15. The number of aromatic nitrogens is 4. The van der Waals surface area contributed by atoms with Gasteiger partial charge in [0.25, 0.3) is 0 Å². The maximum absolute atomic E-state index is 12.6. The normalized spacial score (nSPS) is 10.8. The first kappa shape index (κ1) is 19.5. The Balaban J connectivity index is 1.52. The molecule has 0 aliphatic carbocycles. The number of aromatic amines is 1. The fourth-order valence-electron chi connectivity index (χ4n) is 2.84. The molecule has 0 aliphatic heterocycles. The summed E-state index contributed by atoms with van der Waals surface area (Å²) in [4.78, 5) is 18.1. The first-order chi connectivity index (χ1) is 14.0. The van der Waals surface area contributed by atoms with Gasteiger partial charge in [0.1, 0.15) is 12.3 Å². The molecule has 4 aromatic rings. The van der Waals surface area contributed by atoms with Crippen molar-refractivity contribution in [2.45, 2.75) is 13.5 Å². The standard InChI is InChI=1S/C19H17N5O2S3/c1-11-5-6-14(26-2)12(8-11)13-10-29-18(20-13)21-16(25)9-24-17(22-23-19(24)27)15-4-3-7-28-15/h3-8,10H,9H2,1-2H3,(H,23,27)(H,20,21,25). The molecule has 3 aromatic heterocycles. The SMILES string of the molecule is COc1ccc(C)cc1-c1csc(NC(=O)Cn2c(-c3cccs3)n[nH]c2=S)n1. The molecule has 0 saturated heterocycles. The van der Waals surface area contributed by atoms with Crippen molar-refractivity contribution in [2.24, 2.45) is 0 Å². The van der Waals surface area contributed by atoms with Crippen molar-refractivity contribution in [2.75, 3.05) is 12.4 Å². The van der Waals surface area contributed by atoms with Crippen molar-refractivity contribution in [1.82, 2.24) is 19.7 Å². The zero-order chi connectivity index (χ0) is 20.4. The number of carbonyl (C=O) groups excluding carboxylic acids is 1. The van der Waals surface area contributed by atoms with Crippen LogP contribution in [0.3, 0.4) is 0 Å². The Hall–Kier alpha value is -2.82. The molecule has 4 rings (SSSR count). The second-order valence-corrected chi connectivity index (χ2v) is 8.40. The molecule has 148 valence electrons. The predicted octanol–water partition coefficient (Wildman–Crippen LogP) is 4.75. The van der Waals surface area contributed by atoms with E-state index in [0.29, 0.717) is 15.7 Å². The lowest BCUT2D eigenvalue weighted by Gasteiger charge is -2.07. The number of anilines is 1. The first-order valence-corrected chi connectivity index (χ1v) is 10.8. The van der Waals surface area contributed by atoms with Gasteiger partial charge in [0.2, 0.25) is 5.91 Å². The number of hydrogen-bond donors (Lipinski definition) is 2. The molecule has 0 aliphatic rings. The number of methoxy groups -OCH3 is 1. The zero-order valence-corrected chi connectivity index (χ0v) is 18.1. The maximum atomic E-state index is 12.6. The maximum Gasteiger partial charge on any atom is 0.246 e. The number of nitrogens with zero attached hydrogens (tertiary/aromatic N) is 3. The van der Waals surface area contributed by atoms with Crippen molar-refractivity contribution < 1.29 is 9.53 Å². The monoisotopic (exact) mass is 443 g/mol. The van der Waals surface area contributed by atoms with Gasteiger partial charge in [-0.05, 0) is 42.7 Å². The van der Waals surface area contributed by atoms with Crippen LogP contribution in [-0.2, 0) is 11.3 Å². The topological polar surface area (TPSA) is 84.8 Å². The van der Waals surface area contributed by atoms with E-state index in [1.165, 1.54) is 22.7 Å². The van der Waals surface area contributed by atoms with Crippen LogP contribution < -0.4 is 10.1 Å². The molecule has 10 heteroatoms. The van der Waals surface area contributed by atoms with Gasteiger partial charge in [-0.1, -0.05) is 17.7 Å². The molecule has 1 amide bonds. The van der Waals surface area contributed by atoms with E-state index in [-0.39, 0.29) is 12.5 Å². The van der Waals surface area contributed by atoms with Gasteiger partial charge in [-0.25, -0.2) is 4.98 Å². The second-order valence-electron chi connectivity index (χ2n) is 6.21. The Bertz CT molecular complexity index is 1210. The van der Waals surface area contributed by atoms with E-state index in [9.17, 15) is 4.79 Å². The van der Waals surface area contributed by atoms with Gasteiger partial charge >= 0.3 is 0 Å². The molecule has 1 aromatic carbocycles. The Labute approximate surface area is 180 Å². The summed E-state index contributed by atoms with van der Waals surface area (Å²) in [6.45, 7) is 2.06. The van der Waals surface area contributed by atoms with Gasteiger partial charge in [0, 0.05) is 10.9 Å². The molecule has 2 N–H and O–H groups in total. The average Bonchev–Trinajstić information content (AvgIpc) is 3.44. The Morgan fingerprint density at radius 2 is 2.21 bits per heavy atom. The number of carbonyl (C=O) groups is 1. The fourth-order valence-corrected chi connectivity index (χ4v) is 4.48. The van der Waals surface area contributed by atoms with E-state index >= 15 is 0 Å². The van der Waals surface area contributed by atoms with E-state index in [4.69, 9.17) is 17.0 Å². The lowest BCUT2D eigenvalue weighted by atomic mass is 10.1. The summed E-state index contributed by atoms with van der Waals surface area (Å²) in [6, 6.07) is 9.77. The Kier molecular flexibility index (Phi) is 5.56. The molecule has 0 spiro atoms. The Morgan fingerprint density at radius 3 is 2.97 bits per heavy atom. The predicted molar refractivity (Wildman–Crippen MR) is 118 cm³/mol. The average molecular weight is 444 g/mol. The molecular weight excluding hydrogens is 426 g/mol. The van der Waals surface area contributed by atoms with E-state index in [1.54, 1.807) is 11.7 Å². The van der Waals surface area contributed by atoms with Crippen LogP contribution in [0.25, 0.3) is 22.0 Å². The zero-order valence-electron chi connectivity index (χ0n) is 15.6. The smallest absolute Gasteiger partial charge is 0.246 e. The highest BCUT2D eigenvalue weighted by atomic mass is 32.1. The van der Waals surface area contributed by atoms with Gasteiger partial charge < -0.3 is 10.1 Å². The van der Waals surface area contributed by atoms with E-state index in [1.807, 2.05) is 48.0 Å². The number of thiazole rings is 1. The number of H-pyrrole nitrogens is 1. The molecule has 0 radical (unpaired) electrons. The molecule has 0 saturated carbocycles. The molecule has 29 heavy (non-hydrogen) atoms. The minimum atomic E-state index is -0.225. The number of thiophene rings is 1. The molecular formula is C19H17N5O2S3. The first-order valence-electron chi connectivity index (χ1n) is 8.64. The summed E-state index contributed by atoms with van der Waals surface area (Å²) in [5.41, 5.74) is 2.75. The van der Waals surface area contributed by atoms with Crippen molar-refractivity contribution in [3.63, 3.8) is 0 Å². The van der Waals surface area contributed by atoms with Crippen molar-refractivity contribution in [3.05, 3.63) is 51.4 Å². The fraction of sp³-hybridized carbons (Fsp3) is 0.158. The van der Waals surface area contributed by atoms with Crippen LogP contribution in [0.5, 0.6) is 5.75 Å². The number of hydrogen-bond acceptors (Lipinski definition) is 7. The summed E-state index contributed by atoms with van der Waals surface area (Å²) in [5.74, 6) is 1.16. The van der Waals surface area contributed by atoms with Gasteiger partial charge in [-0.15, -0.1) is 22.7 Å². The lowest BCUT2D eigenvalue weighted by molar-refractivity contribution is -0.116. The third kappa shape index (κ3) is 4.14. The van der Waals surface area contributed by atoms with Crippen LogP contribution in [0.2, 0.25) is 0 Å². The summed E-state index contributed by atoms with van der Waals surface area (Å²) in [5, 5.41) is 14.2. The van der Waals surface area contributed by atoms with Gasteiger partial charge in [-0.3, -0.25) is 14.5 Å². The van der Waals surface area contributed by atoms with E-state index < -0.39 is 0 Å². The van der Waals surface area contributed by atoms with Crippen LogP contribution in [-0.4, -0.2) is 32.8 Å². The van der Waals surface area contributed by atoms with Crippen LogP contribution >= 0.6 is 34.9 Å². The second kappa shape index (κ2) is 8.27. The van der Waals surface area contributed by atoms with Crippen LogP contribution in [0, 0.1) is 11.7 Å². The van der Waals surface area contributed by atoms with Gasteiger partial charge in [0.05, 0.1) is 17.7 Å². The summed E-state index contributed by atoms with van der Waals surface area (Å²) >= 11 is 8.18. The molecule has 0 bridgehead atoms. The summed E-state index contributed by atoms with van der Waals surface area (Å²) in [6.07, 6.45) is 0. The molecule has 0 atom stereocenters. The third-order valence-corrected chi connectivity index (χ3v) is 6.12. The summed E-state index contributed by atoms with van der Waals surface area (Å²) in [7, 11) is 1.63. The molecule has 0 fully saturated rings. The number of benzene rings is 1. The number of rotatable bonds is 6. The number of aryl methyl sites for hydroxylation is 1. The highest BCUT2D eigenvalue weighted by Crippen LogP contribution is 2.33. The van der Waals surface area contributed by atoms with Crippen molar-refractivity contribution in [3.8, 4) is 27.7 Å². The third-order valence-electron chi connectivity index (χ3n) is 4.18. The number of nitrogens with one attached hydrogen (secondary N) is 2. The minimum Gasteiger partial charge on any atom is -0.496 e. The quantitative estimate of drug-likeness (QED) is 0.420. The minimum absolute atomic E-state index is 0.0469. The lowest BCUT2D eigenvalue weighted by Crippen LogP contribution is -2.19. The Morgan fingerprint density at radius 1 is 1.34 bits per heavy atom. The van der Waals surface area contributed by atoms with Crippen molar-refractivity contribution in [1.29, 1.82) is 0 Å². The highest BCUT2D eigenvalue weighted by molar-refractivity contribution is 7.71. The van der Waals surface area contributed by atoms with Crippen molar-refractivity contribution >= 4 is 45.9 Å². The van der Waals surface area contributed by atoms with Crippen LogP contribution in [0.1, 0.15) is 5.56 Å². The van der Waals surface area contributed by atoms with E-state index in [0.717, 1.165) is 27.4 Å². The van der Waals surface area contributed by atoms with Gasteiger partial charge in [0.15, 0.2) is 15.7 Å². The van der Waals surface area contributed by atoms with Crippen LogP contribution in [0.15, 0.2) is 41.1 Å². The van der Waals surface area contributed by atoms with Crippen LogP contribution in [0.4, 0.5) is 5.13 Å². The number of amides is 1. The van der Waals surface area contributed by atoms with E-state index in [2.05, 4.69) is 20.5 Å². The largest absolute Gasteiger partial charge is 0.496 e. The molecule has 3 heterocycles. The molecule has 7 nitrogen and oxygen atoms in total.